The lowest BCUT2D eigenvalue weighted by Crippen LogP contribution is -2.48. The van der Waals surface area contributed by atoms with Gasteiger partial charge in [0, 0.05) is 66.6 Å². The molecule has 0 unspecified atom stereocenters. The van der Waals surface area contributed by atoms with Gasteiger partial charge in [-0.15, -0.1) is 11.3 Å². The SMILES string of the molecule is CC(=O)N1CCN(c2cc(F)cnc2-c2cc(C(=O)Nc3cc(Cl)cc(S(C)(=O)=O)c3)sc2C)CC1. The summed E-state index contributed by atoms with van der Waals surface area (Å²) in [6.07, 6.45) is 2.20. The first kappa shape index (κ1) is 26.1. The zero-order valence-electron chi connectivity index (χ0n) is 19.8. The summed E-state index contributed by atoms with van der Waals surface area (Å²) >= 11 is 7.29. The molecule has 12 heteroatoms. The number of pyridine rings is 1. The van der Waals surface area contributed by atoms with Gasteiger partial charge in [-0.05, 0) is 31.2 Å². The molecule has 190 valence electrons. The molecule has 2 amide bonds. The fourth-order valence-corrected chi connectivity index (χ4v) is 5.91. The minimum absolute atomic E-state index is 0.0000608. The molecular formula is C24H24ClFN4O4S2. The van der Waals surface area contributed by atoms with Crippen LogP contribution < -0.4 is 10.2 Å². The number of hydrogen-bond acceptors (Lipinski definition) is 7. The maximum absolute atomic E-state index is 14.2. The molecule has 0 bridgehead atoms. The first-order chi connectivity index (χ1) is 16.9. The van der Waals surface area contributed by atoms with E-state index in [0.29, 0.717) is 48.0 Å². The van der Waals surface area contributed by atoms with Crippen molar-refractivity contribution in [1.29, 1.82) is 0 Å². The monoisotopic (exact) mass is 550 g/mol. The number of piperazine rings is 1. The molecule has 0 saturated carbocycles. The number of carbonyl (C=O) groups is 2. The smallest absolute Gasteiger partial charge is 0.265 e. The number of halogens is 2. The van der Waals surface area contributed by atoms with Gasteiger partial charge in [-0.25, -0.2) is 12.8 Å². The Bertz CT molecular complexity index is 1450. The molecule has 0 radical (unpaired) electrons. The van der Waals surface area contributed by atoms with Gasteiger partial charge in [0.2, 0.25) is 5.91 Å². The lowest BCUT2D eigenvalue weighted by Gasteiger charge is -2.36. The van der Waals surface area contributed by atoms with E-state index in [-0.39, 0.29) is 21.5 Å². The summed E-state index contributed by atoms with van der Waals surface area (Å²) in [5.74, 6) is -0.911. The van der Waals surface area contributed by atoms with Gasteiger partial charge in [0.05, 0.1) is 27.4 Å². The third-order valence-corrected chi connectivity index (χ3v) is 8.21. The number of carbonyl (C=O) groups excluding carboxylic acids is 2. The van der Waals surface area contributed by atoms with Crippen LogP contribution in [0.15, 0.2) is 41.4 Å². The molecule has 1 N–H and O–H groups in total. The van der Waals surface area contributed by atoms with E-state index in [1.54, 1.807) is 11.0 Å². The van der Waals surface area contributed by atoms with Crippen molar-refractivity contribution in [2.75, 3.05) is 42.7 Å². The Kier molecular flexibility index (Phi) is 7.35. The van der Waals surface area contributed by atoms with E-state index in [1.807, 2.05) is 11.8 Å². The zero-order valence-corrected chi connectivity index (χ0v) is 22.2. The zero-order chi connectivity index (χ0) is 26.2. The predicted molar refractivity (Wildman–Crippen MR) is 139 cm³/mol. The second-order valence-corrected chi connectivity index (χ2v) is 12.2. The fourth-order valence-electron chi connectivity index (χ4n) is 4.01. The van der Waals surface area contributed by atoms with Crippen molar-refractivity contribution in [2.45, 2.75) is 18.7 Å². The van der Waals surface area contributed by atoms with Gasteiger partial charge < -0.3 is 15.1 Å². The molecule has 4 rings (SSSR count). The highest BCUT2D eigenvalue weighted by molar-refractivity contribution is 7.90. The number of aromatic nitrogens is 1. The number of anilines is 2. The molecular weight excluding hydrogens is 527 g/mol. The van der Waals surface area contributed by atoms with Gasteiger partial charge in [0.1, 0.15) is 5.82 Å². The lowest BCUT2D eigenvalue weighted by atomic mass is 10.1. The average molecular weight is 551 g/mol. The van der Waals surface area contributed by atoms with Crippen molar-refractivity contribution in [1.82, 2.24) is 9.88 Å². The maximum Gasteiger partial charge on any atom is 0.265 e. The first-order valence-corrected chi connectivity index (χ1v) is 14.1. The van der Waals surface area contributed by atoms with E-state index in [2.05, 4.69) is 10.3 Å². The van der Waals surface area contributed by atoms with Crippen LogP contribution in [0.5, 0.6) is 0 Å². The summed E-state index contributed by atoms with van der Waals surface area (Å²) in [6, 6.07) is 7.24. The highest BCUT2D eigenvalue weighted by Gasteiger charge is 2.24. The van der Waals surface area contributed by atoms with E-state index in [0.717, 1.165) is 17.3 Å². The molecule has 1 aliphatic rings. The number of sulfone groups is 1. The Morgan fingerprint density at radius 2 is 1.81 bits per heavy atom. The van der Waals surface area contributed by atoms with Crippen molar-refractivity contribution >= 4 is 56.0 Å². The molecule has 3 heterocycles. The van der Waals surface area contributed by atoms with Gasteiger partial charge >= 0.3 is 0 Å². The Morgan fingerprint density at radius 1 is 1.11 bits per heavy atom. The average Bonchev–Trinajstić information content (AvgIpc) is 3.19. The second kappa shape index (κ2) is 10.2. The van der Waals surface area contributed by atoms with Gasteiger partial charge in [-0.2, -0.15) is 0 Å². The van der Waals surface area contributed by atoms with Crippen LogP contribution in [0.3, 0.4) is 0 Å². The van der Waals surface area contributed by atoms with Crippen molar-refractivity contribution in [3.8, 4) is 11.3 Å². The lowest BCUT2D eigenvalue weighted by molar-refractivity contribution is -0.129. The van der Waals surface area contributed by atoms with Gasteiger partial charge in [-0.1, -0.05) is 11.6 Å². The number of nitrogens with one attached hydrogen (secondary N) is 1. The summed E-state index contributed by atoms with van der Waals surface area (Å²) in [7, 11) is -3.51. The number of hydrogen-bond donors (Lipinski definition) is 1. The summed E-state index contributed by atoms with van der Waals surface area (Å²) in [6.45, 7) is 5.49. The van der Waals surface area contributed by atoms with E-state index >= 15 is 0 Å². The Labute approximate surface area is 217 Å². The van der Waals surface area contributed by atoms with Crippen LogP contribution in [0.2, 0.25) is 5.02 Å². The highest BCUT2D eigenvalue weighted by Crippen LogP contribution is 2.37. The highest BCUT2D eigenvalue weighted by atomic mass is 35.5. The largest absolute Gasteiger partial charge is 0.366 e. The van der Waals surface area contributed by atoms with Crippen molar-refractivity contribution in [2.24, 2.45) is 0 Å². The summed E-state index contributed by atoms with van der Waals surface area (Å²) in [5, 5.41) is 2.88. The van der Waals surface area contributed by atoms with Gasteiger partial charge in [0.15, 0.2) is 9.84 Å². The summed E-state index contributed by atoms with van der Waals surface area (Å²) in [5.41, 5.74) is 2.09. The minimum atomic E-state index is -3.51. The molecule has 0 atom stereocenters. The quantitative estimate of drug-likeness (QED) is 0.510. The Hall–Kier alpha value is -3.02. The molecule has 3 aromatic rings. The molecule has 1 fully saturated rings. The van der Waals surface area contributed by atoms with Crippen molar-refractivity contribution in [3.05, 3.63) is 57.1 Å². The molecule has 0 aliphatic carbocycles. The standard InChI is InChI=1S/C24H24ClFN4O4S2/c1-14-20(23-21(10-17(26)13-27-23)30-6-4-29(5-7-30)15(2)31)12-22(35-14)24(32)28-18-8-16(25)9-19(11-18)36(3,33)34/h8-13H,4-7H2,1-3H3,(H,28,32). The number of aryl methyl sites for hydroxylation is 1. The van der Waals surface area contributed by atoms with E-state index in [1.165, 1.54) is 42.5 Å². The first-order valence-electron chi connectivity index (χ1n) is 11.0. The topological polar surface area (TPSA) is 99.7 Å². The molecule has 2 aromatic heterocycles. The number of amides is 2. The molecule has 36 heavy (non-hydrogen) atoms. The van der Waals surface area contributed by atoms with Crippen LogP contribution in [0.25, 0.3) is 11.3 Å². The minimum Gasteiger partial charge on any atom is -0.366 e. The summed E-state index contributed by atoms with van der Waals surface area (Å²) < 4.78 is 38.0. The van der Waals surface area contributed by atoms with Crippen LogP contribution in [0, 0.1) is 12.7 Å². The molecule has 1 aromatic carbocycles. The second-order valence-electron chi connectivity index (χ2n) is 8.50. The van der Waals surface area contributed by atoms with Crippen LogP contribution >= 0.6 is 22.9 Å². The summed E-state index contributed by atoms with van der Waals surface area (Å²) in [4.78, 5) is 33.9. The Balaban J connectivity index is 1.62. The van der Waals surface area contributed by atoms with Gasteiger partial charge in [0.25, 0.3) is 5.91 Å². The van der Waals surface area contributed by atoms with E-state index in [4.69, 9.17) is 11.6 Å². The third kappa shape index (κ3) is 5.69. The van der Waals surface area contributed by atoms with Crippen LogP contribution in [-0.2, 0) is 14.6 Å². The molecule has 1 saturated heterocycles. The van der Waals surface area contributed by atoms with E-state index < -0.39 is 21.6 Å². The van der Waals surface area contributed by atoms with Crippen LogP contribution in [0.1, 0.15) is 21.5 Å². The molecule has 8 nitrogen and oxygen atoms in total. The maximum atomic E-state index is 14.2. The molecule has 1 aliphatic heterocycles. The number of benzene rings is 1. The van der Waals surface area contributed by atoms with Crippen molar-refractivity contribution < 1.29 is 22.4 Å². The number of nitrogens with zero attached hydrogens (tertiary/aromatic N) is 3. The normalized spacial score (nSPS) is 14.1. The predicted octanol–water partition coefficient (Wildman–Crippen LogP) is 4.24. The number of rotatable bonds is 5. The Morgan fingerprint density at radius 3 is 2.44 bits per heavy atom. The molecule has 0 spiro atoms. The van der Waals surface area contributed by atoms with Crippen LogP contribution in [-0.4, -0.2) is 62.6 Å². The van der Waals surface area contributed by atoms with Crippen LogP contribution in [0.4, 0.5) is 15.8 Å². The fraction of sp³-hybridized carbons (Fsp3) is 0.292. The van der Waals surface area contributed by atoms with E-state index in [9.17, 15) is 22.4 Å². The third-order valence-electron chi connectivity index (χ3n) is 5.85. The van der Waals surface area contributed by atoms with Crippen molar-refractivity contribution in [3.63, 3.8) is 0 Å². The van der Waals surface area contributed by atoms with Gasteiger partial charge in [-0.3, -0.25) is 14.6 Å². The number of thiophene rings is 1.